The lowest BCUT2D eigenvalue weighted by Crippen LogP contribution is -2.45. The molecule has 13 heteroatoms. The summed E-state index contributed by atoms with van der Waals surface area (Å²) < 4.78 is 110. The van der Waals surface area contributed by atoms with Gasteiger partial charge in [-0.2, -0.15) is 47.4 Å². The second kappa shape index (κ2) is 12.5. The number of hydrogen-bond donors (Lipinski definition) is 1. The molecule has 0 amide bonds. The fourth-order valence-electron chi connectivity index (χ4n) is 7.67. The predicted molar refractivity (Wildman–Crippen MR) is 181 cm³/mol. The van der Waals surface area contributed by atoms with Crippen molar-refractivity contribution in [1.82, 2.24) is 0 Å². The van der Waals surface area contributed by atoms with Gasteiger partial charge in [-0.05, 0) is 117 Å². The van der Waals surface area contributed by atoms with E-state index in [-0.39, 0.29) is 39.8 Å². The van der Waals surface area contributed by atoms with E-state index in [9.17, 15) is 56.2 Å². The van der Waals surface area contributed by atoms with Crippen LogP contribution in [0.3, 0.4) is 0 Å². The topological polar surface area (TPSA) is 107 Å². The molecule has 5 nitrogen and oxygen atoms in total. The van der Waals surface area contributed by atoms with Gasteiger partial charge >= 0.3 is 12.4 Å². The zero-order valence-electron chi connectivity index (χ0n) is 27.7. The van der Waals surface area contributed by atoms with E-state index in [0.717, 1.165) is 24.3 Å². The van der Waals surface area contributed by atoms with Crippen molar-refractivity contribution >= 4 is 16.8 Å². The molecule has 4 aromatic carbocycles. The van der Waals surface area contributed by atoms with Crippen LogP contribution in [0.5, 0.6) is 0 Å². The zero-order chi connectivity index (χ0) is 38.9. The Bertz CT molecular complexity index is 2550. The minimum Gasteiger partial charge on any atom is -0.376 e. The molecule has 54 heavy (non-hydrogen) atoms. The summed E-state index contributed by atoms with van der Waals surface area (Å²) >= 11 is 0. The largest absolute Gasteiger partial charge is 0.416 e. The smallest absolute Gasteiger partial charge is 0.376 e. The maximum atomic E-state index is 14.4. The normalized spacial score (nSPS) is 18.5. The van der Waals surface area contributed by atoms with E-state index in [2.05, 4.69) is 5.32 Å². The van der Waals surface area contributed by atoms with Gasteiger partial charge in [0.25, 0.3) is 0 Å². The summed E-state index contributed by atoms with van der Waals surface area (Å²) in [6.45, 7) is 1.79. The monoisotopic (exact) mass is 735 g/mol. The highest BCUT2D eigenvalue weighted by atomic mass is 19.4. The Hall–Kier alpha value is -6.70. The average Bonchev–Trinajstić information content (AvgIpc) is 3.41. The fourth-order valence-corrected chi connectivity index (χ4v) is 7.67. The number of nitrogens with zero attached hydrogens (tertiary/aromatic N) is 4. The third-order valence-corrected chi connectivity index (χ3v) is 10.0. The number of rotatable bonds is 3. The van der Waals surface area contributed by atoms with E-state index in [0.29, 0.717) is 51.2 Å². The maximum Gasteiger partial charge on any atom is 0.416 e. The van der Waals surface area contributed by atoms with Crippen LogP contribution < -0.4 is 5.32 Å². The van der Waals surface area contributed by atoms with Gasteiger partial charge in [0.15, 0.2) is 0 Å². The molecular weight excluding hydrogens is 714 g/mol. The molecule has 0 fully saturated rings. The number of nitrogens with one attached hydrogen (secondary N) is 1. The highest BCUT2D eigenvalue weighted by molar-refractivity contribution is 6.07. The lowest BCUT2D eigenvalue weighted by molar-refractivity contribution is -0.138. The molecular formula is C41H21F8N5. The van der Waals surface area contributed by atoms with Crippen molar-refractivity contribution in [1.29, 1.82) is 21.0 Å². The Morgan fingerprint density at radius 2 is 1.28 bits per heavy atom. The molecule has 1 heterocycles. The molecule has 0 spiro atoms. The fraction of sp³-hybridized carbons (Fsp3) is 0.171. The number of alkyl halides is 6. The molecule has 0 saturated carbocycles. The van der Waals surface area contributed by atoms with E-state index < -0.39 is 52.5 Å². The van der Waals surface area contributed by atoms with Gasteiger partial charge in [-0.25, -0.2) is 8.78 Å². The second-order valence-corrected chi connectivity index (χ2v) is 13.3. The summed E-state index contributed by atoms with van der Waals surface area (Å²) in [5.41, 5.74) is -0.132. The molecule has 1 aliphatic heterocycles. The SMILES string of the molecule is CC12CC3=C(C=C1C(C(C#N)C#N)c1cc(-c4cc(F)cc(C(F)(F)F)c4)ccc1N2)c1ccc(-c2cc(F)cc(C(F)(F)F)c2)cc1C3=C(C#N)C#N. The Morgan fingerprint density at radius 3 is 1.81 bits per heavy atom. The van der Waals surface area contributed by atoms with Crippen LogP contribution >= 0.6 is 0 Å². The number of fused-ring (bicyclic) bond motifs is 4. The van der Waals surface area contributed by atoms with Crippen molar-refractivity contribution in [2.75, 3.05) is 5.32 Å². The number of anilines is 1. The van der Waals surface area contributed by atoms with Crippen LogP contribution in [-0.2, 0) is 12.4 Å². The van der Waals surface area contributed by atoms with Gasteiger partial charge in [-0.3, -0.25) is 0 Å². The van der Waals surface area contributed by atoms with Crippen molar-refractivity contribution in [2.45, 2.75) is 37.2 Å². The first-order chi connectivity index (χ1) is 25.5. The highest BCUT2D eigenvalue weighted by Gasteiger charge is 2.48. The molecule has 7 rings (SSSR count). The van der Waals surface area contributed by atoms with Gasteiger partial charge in [0.05, 0.1) is 28.8 Å². The van der Waals surface area contributed by atoms with Gasteiger partial charge in [0, 0.05) is 23.6 Å². The number of benzene rings is 4. The summed E-state index contributed by atoms with van der Waals surface area (Å²) in [7, 11) is 0. The molecule has 266 valence electrons. The molecule has 2 unspecified atom stereocenters. The lowest BCUT2D eigenvalue weighted by atomic mass is 9.65. The Morgan fingerprint density at radius 1 is 0.722 bits per heavy atom. The van der Waals surface area contributed by atoms with Crippen LogP contribution in [0.4, 0.5) is 40.8 Å². The number of nitriles is 4. The van der Waals surface area contributed by atoms with Crippen molar-refractivity contribution in [3.05, 3.63) is 135 Å². The first kappa shape index (κ1) is 35.7. The highest BCUT2D eigenvalue weighted by Crippen LogP contribution is 2.58. The molecule has 2 atom stereocenters. The van der Waals surface area contributed by atoms with E-state index in [1.54, 1.807) is 25.1 Å². The Kier molecular flexibility index (Phi) is 8.24. The Labute approximate surface area is 302 Å². The number of hydrogen-bond acceptors (Lipinski definition) is 5. The minimum absolute atomic E-state index is 0.0817. The molecule has 3 aliphatic rings. The average molecular weight is 736 g/mol. The summed E-state index contributed by atoms with van der Waals surface area (Å²) in [6, 6.07) is 21.1. The Balaban J connectivity index is 1.42. The second-order valence-electron chi connectivity index (χ2n) is 13.3. The van der Waals surface area contributed by atoms with Gasteiger partial charge in [-0.1, -0.05) is 24.3 Å². The maximum absolute atomic E-state index is 14.4. The van der Waals surface area contributed by atoms with Gasteiger partial charge < -0.3 is 5.32 Å². The molecule has 0 radical (unpaired) electrons. The van der Waals surface area contributed by atoms with Crippen molar-refractivity contribution < 1.29 is 35.1 Å². The molecule has 0 aromatic heterocycles. The van der Waals surface area contributed by atoms with E-state index in [1.807, 2.05) is 24.3 Å². The van der Waals surface area contributed by atoms with Gasteiger partial charge in [-0.15, -0.1) is 0 Å². The van der Waals surface area contributed by atoms with E-state index >= 15 is 0 Å². The molecule has 2 aliphatic carbocycles. The lowest BCUT2D eigenvalue weighted by Gasteiger charge is -2.47. The van der Waals surface area contributed by atoms with E-state index in [4.69, 9.17) is 0 Å². The predicted octanol–water partition coefficient (Wildman–Crippen LogP) is 10.9. The first-order valence-electron chi connectivity index (χ1n) is 16.1. The zero-order valence-corrected chi connectivity index (χ0v) is 27.7. The van der Waals surface area contributed by atoms with Crippen molar-refractivity contribution in [2.24, 2.45) is 5.92 Å². The van der Waals surface area contributed by atoms with Gasteiger partial charge in [0.2, 0.25) is 0 Å². The van der Waals surface area contributed by atoms with Crippen LogP contribution in [0.15, 0.2) is 95.6 Å². The van der Waals surface area contributed by atoms with Crippen LogP contribution in [0.25, 0.3) is 33.4 Å². The van der Waals surface area contributed by atoms with Gasteiger partial charge in [0.1, 0.15) is 35.3 Å². The van der Waals surface area contributed by atoms with Crippen molar-refractivity contribution in [3.63, 3.8) is 0 Å². The summed E-state index contributed by atoms with van der Waals surface area (Å²) in [4.78, 5) is 0. The molecule has 0 bridgehead atoms. The summed E-state index contributed by atoms with van der Waals surface area (Å²) in [5, 5.41) is 43.9. The standard InChI is InChI=1S/C41H21F8N5/c1-39-15-34-31(30-4-2-20(10-32(30)37(34)24(16-50)17-51)22-6-26(40(44,45)46)12-28(42)8-22)14-35(39)38(25(18-52)19-53)33-11-21(3-5-36(33)54-39)23-7-27(41(47,48)49)13-29(43)9-23/h2-14,25,38,54H,15H2,1H3. The van der Waals surface area contributed by atoms with Crippen LogP contribution in [-0.4, -0.2) is 5.54 Å². The number of allylic oxidation sites excluding steroid dienone is 4. The number of halogens is 8. The third-order valence-electron chi connectivity index (χ3n) is 10.0. The minimum atomic E-state index is -4.83. The molecule has 0 saturated heterocycles. The van der Waals surface area contributed by atoms with E-state index in [1.165, 1.54) is 24.3 Å². The van der Waals surface area contributed by atoms with Crippen LogP contribution in [0.2, 0.25) is 0 Å². The van der Waals surface area contributed by atoms with Crippen LogP contribution in [0.1, 0.15) is 47.1 Å². The van der Waals surface area contributed by atoms with Crippen molar-refractivity contribution in [3.8, 4) is 46.5 Å². The summed E-state index contributed by atoms with van der Waals surface area (Å²) in [6.07, 6.45) is -7.84. The summed E-state index contributed by atoms with van der Waals surface area (Å²) in [5.74, 6) is -4.50. The first-order valence-corrected chi connectivity index (χ1v) is 16.1. The van der Waals surface area contributed by atoms with Crippen LogP contribution in [0, 0.1) is 62.9 Å². The third kappa shape index (κ3) is 5.85. The molecule has 4 aromatic rings. The quantitative estimate of drug-likeness (QED) is 0.166. The molecule has 1 N–H and O–H groups in total.